The zero-order valence-corrected chi connectivity index (χ0v) is 23.2. The van der Waals surface area contributed by atoms with E-state index in [2.05, 4.69) is 11.8 Å². The van der Waals surface area contributed by atoms with Gasteiger partial charge in [0.1, 0.15) is 23.9 Å². The maximum atomic E-state index is 13.9. The number of hydrogen-bond donors (Lipinski definition) is 0. The van der Waals surface area contributed by atoms with Crippen molar-refractivity contribution in [3.8, 4) is 27.7 Å². The van der Waals surface area contributed by atoms with Crippen LogP contribution in [0.4, 0.5) is 0 Å². The first-order valence-electron chi connectivity index (χ1n) is 13.5. The number of likely N-dealkylation sites (tertiary alicyclic amines) is 1. The van der Waals surface area contributed by atoms with E-state index in [-0.39, 0.29) is 5.78 Å². The second kappa shape index (κ2) is 12.0. The predicted molar refractivity (Wildman–Crippen MR) is 155 cm³/mol. The molecule has 0 saturated carbocycles. The fraction of sp³-hybridized carbons (Fsp3) is 0.344. The molecule has 1 fully saturated rings. The maximum absolute atomic E-state index is 13.9. The molecule has 0 amide bonds. The second-order valence-electron chi connectivity index (χ2n) is 9.75. The molecule has 1 unspecified atom stereocenters. The predicted octanol–water partition coefficient (Wildman–Crippen LogP) is 7.32. The van der Waals surface area contributed by atoms with Crippen LogP contribution < -0.4 is 14.2 Å². The van der Waals surface area contributed by atoms with Crippen LogP contribution in [-0.4, -0.2) is 50.1 Å². The van der Waals surface area contributed by atoms with Crippen molar-refractivity contribution < 1.29 is 19.0 Å². The summed E-state index contributed by atoms with van der Waals surface area (Å²) in [6.07, 6.45) is 1.26. The van der Waals surface area contributed by atoms with Crippen LogP contribution in [0, 0.1) is 5.92 Å². The monoisotopic (exact) mass is 529 g/mol. The van der Waals surface area contributed by atoms with E-state index in [0.29, 0.717) is 30.9 Å². The van der Waals surface area contributed by atoms with E-state index in [9.17, 15) is 4.79 Å². The number of rotatable bonds is 11. The zero-order chi connectivity index (χ0) is 26.5. The minimum atomic E-state index is 0.00176. The number of carbonyl (C=O) groups is 1. The topological polar surface area (TPSA) is 48.0 Å². The zero-order valence-electron chi connectivity index (χ0n) is 22.4. The van der Waals surface area contributed by atoms with Gasteiger partial charge in [-0.1, -0.05) is 6.92 Å². The van der Waals surface area contributed by atoms with Gasteiger partial charge in [-0.3, -0.25) is 9.69 Å². The number of fused-ring (bicyclic) bond motifs is 1. The highest BCUT2D eigenvalue weighted by atomic mass is 32.1. The van der Waals surface area contributed by atoms with Crippen molar-refractivity contribution in [2.75, 3.05) is 39.5 Å². The molecular weight excluding hydrogens is 494 g/mol. The van der Waals surface area contributed by atoms with Gasteiger partial charge in [0.25, 0.3) is 0 Å². The van der Waals surface area contributed by atoms with Crippen LogP contribution >= 0.6 is 11.3 Å². The minimum Gasteiger partial charge on any atom is -0.494 e. The normalized spacial score (nSPS) is 15.6. The van der Waals surface area contributed by atoms with Crippen molar-refractivity contribution in [1.29, 1.82) is 0 Å². The Hall–Kier alpha value is -3.35. The van der Waals surface area contributed by atoms with Gasteiger partial charge >= 0.3 is 0 Å². The summed E-state index contributed by atoms with van der Waals surface area (Å²) in [4.78, 5) is 17.3. The van der Waals surface area contributed by atoms with E-state index >= 15 is 0 Å². The number of ketones is 1. The largest absolute Gasteiger partial charge is 0.494 e. The van der Waals surface area contributed by atoms with Gasteiger partial charge in [0.2, 0.25) is 0 Å². The highest BCUT2D eigenvalue weighted by molar-refractivity contribution is 7.22. The quantitative estimate of drug-likeness (QED) is 0.191. The molecule has 1 aliphatic rings. The first kappa shape index (κ1) is 26.3. The van der Waals surface area contributed by atoms with Gasteiger partial charge in [-0.2, -0.15) is 0 Å². The lowest BCUT2D eigenvalue weighted by Crippen LogP contribution is -2.25. The Morgan fingerprint density at radius 3 is 2.24 bits per heavy atom. The lowest BCUT2D eigenvalue weighted by atomic mass is 9.97. The molecule has 0 bridgehead atoms. The van der Waals surface area contributed by atoms with Gasteiger partial charge in [-0.25, -0.2) is 0 Å². The number of hydrogen-bond acceptors (Lipinski definition) is 6. The molecule has 0 N–H and O–H groups in total. The van der Waals surface area contributed by atoms with Gasteiger partial charge in [0.05, 0.1) is 13.2 Å². The summed E-state index contributed by atoms with van der Waals surface area (Å²) in [5.74, 6) is 3.19. The van der Waals surface area contributed by atoms with Crippen LogP contribution in [0.2, 0.25) is 0 Å². The van der Waals surface area contributed by atoms with E-state index in [4.69, 9.17) is 14.2 Å². The highest BCUT2D eigenvalue weighted by Gasteiger charge is 2.22. The van der Waals surface area contributed by atoms with Gasteiger partial charge in [0, 0.05) is 39.2 Å². The Kier molecular flexibility index (Phi) is 8.30. The van der Waals surface area contributed by atoms with Crippen LogP contribution in [0.25, 0.3) is 20.5 Å². The SMILES string of the molecule is CCOc1ccc(-c2sc3cc(OCC)ccc3c2C(=O)c2ccc(OCCN3CCC(C)C3)cc2)cc1. The number of benzene rings is 3. The van der Waals surface area contributed by atoms with E-state index in [0.717, 1.165) is 63.3 Å². The summed E-state index contributed by atoms with van der Waals surface area (Å²) in [5.41, 5.74) is 2.35. The molecule has 1 atom stereocenters. The van der Waals surface area contributed by atoms with Crippen LogP contribution in [0.15, 0.2) is 66.7 Å². The summed E-state index contributed by atoms with van der Waals surface area (Å²) >= 11 is 1.61. The van der Waals surface area contributed by atoms with Crippen molar-refractivity contribution in [2.24, 2.45) is 5.92 Å². The summed E-state index contributed by atoms with van der Waals surface area (Å²) in [6, 6.07) is 21.5. The number of nitrogens with zero attached hydrogens (tertiary/aromatic N) is 1. The number of ether oxygens (including phenoxy) is 3. The molecule has 1 saturated heterocycles. The molecule has 5 nitrogen and oxygen atoms in total. The number of thiophene rings is 1. The van der Waals surface area contributed by atoms with Crippen LogP contribution in [0.5, 0.6) is 17.2 Å². The molecule has 1 aliphatic heterocycles. The van der Waals surface area contributed by atoms with Gasteiger partial charge in [-0.05, 0) is 105 Å². The molecule has 5 rings (SSSR count). The molecule has 0 aliphatic carbocycles. The summed E-state index contributed by atoms with van der Waals surface area (Å²) in [5, 5.41) is 0.938. The Morgan fingerprint density at radius 1 is 0.895 bits per heavy atom. The summed E-state index contributed by atoms with van der Waals surface area (Å²) < 4.78 is 18.4. The fourth-order valence-corrected chi connectivity index (χ4v) is 6.23. The van der Waals surface area contributed by atoms with Crippen LogP contribution in [0.1, 0.15) is 43.1 Å². The lowest BCUT2D eigenvalue weighted by molar-refractivity contribution is 0.104. The second-order valence-corrected chi connectivity index (χ2v) is 10.8. The maximum Gasteiger partial charge on any atom is 0.195 e. The Balaban J connectivity index is 1.40. The lowest BCUT2D eigenvalue weighted by Gasteiger charge is -2.15. The Morgan fingerprint density at radius 2 is 1.55 bits per heavy atom. The van der Waals surface area contributed by atoms with Crippen molar-refractivity contribution in [3.05, 3.63) is 77.9 Å². The van der Waals surface area contributed by atoms with Crippen molar-refractivity contribution >= 4 is 27.2 Å². The first-order chi connectivity index (χ1) is 18.6. The third kappa shape index (κ3) is 5.87. The molecule has 2 heterocycles. The van der Waals surface area contributed by atoms with Crippen molar-refractivity contribution in [1.82, 2.24) is 4.90 Å². The molecule has 4 aromatic rings. The molecule has 1 aromatic heterocycles. The third-order valence-corrected chi connectivity index (χ3v) is 8.13. The third-order valence-electron chi connectivity index (χ3n) is 6.93. The molecular formula is C32H35NO4S. The van der Waals surface area contributed by atoms with Crippen molar-refractivity contribution in [3.63, 3.8) is 0 Å². The average Bonchev–Trinajstić information content (AvgIpc) is 3.52. The Bertz CT molecular complexity index is 1380. The van der Waals surface area contributed by atoms with Crippen LogP contribution in [-0.2, 0) is 0 Å². The minimum absolute atomic E-state index is 0.00176. The fourth-order valence-electron chi connectivity index (χ4n) is 5.00. The van der Waals surface area contributed by atoms with Crippen LogP contribution in [0.3, 0.4) is 0 Å². The van der Waals surface area contributed by atoms with Gasteiger partial charge in [0.15, 0.2) is 5.78 Å². The number of carbonyl (C=O) groups excluding carboxylic acids is 1. The average molecular weight is 530 g/mol. The first-order valence-corrected chi connectivity index (χ1v) is 14.3. The standard InChI is InChI=1S/C32H35NO4S/c1-4-35-25-12-8-24(9-13-25)32-30(28-15-14-27(36-5-2)20-29(28)38-32)31(34)23-6-10-26(11-7-23)37-19-18-33-17-16-22(3)21-33/h6-15,20,22H,4-5,16-19,21H2,1-3H3. The van der Waals surface area contributed by atoms with E-state index in [1.807, 2.05) is 80.6 Å². The van der Waals surface area contributed by atoms with Gasteiger partial charge in [-0.15, -0.1) is 11.3 Å². The van der Waals surface area contributed by atoms with E-state index in [1.165, 1.54) is 6.42 Å². The molecule has 0 radical (unpaired) electrons. The molecule has 6 heteroatoms. The van der Waals surface area contributed by atoms with Crippen molar-refractivity contribution in [2.45, 2.75) is 27.2 Å². The van der Waals surface area contributed by atoms with E-state index in [1.54, 1.807) is 11.3 Å². The summed E-state index contributed by atoms with van der Waals surface area (Å²) in [6.45, 7) is 11.3. The van der Waals surface area contributed by atoms with Gasteiger partial charge < -0.3 is 14.2 Å². The molecule has 0 spiro atoms. The highest BCUT2D eigenvalue weighted by Crippen LogP contribution is 2.41. The van der Waals surface area contributed by atoms with E-state index < -0.39 is 0 Å². The molecule has 3 aromatic carbocycles. The summed E-state index contributed by atoms with van der Waals surface area (Å²) in [7, 11) is 0. The smallest absolute Gasteiger partial charge is 0.195 e. The Labute approximate surface area is 229 Å². The molecule has 38 heavy (non-hydrogen) atoms. The molecule has 198 valence electrons.